The number of alkyl halides is 1. The normalized spacial score (nSPS) is 41.6. The van der Waals surface area contributed by atoms with Gasteiger partial charge in [-0.25, -0.2) is 4.39 Å². The number of hydrogen-bond acceptors (Lipinski definition) is 9. The average Bonchev–Trinajstić information content (AvgIpc) is 3.71. The second-order valence-corrected chi connectivity index (χ2v) is 15.3. The molecule has 8 aliphatic rings. The number of amides is 1. The fourth-order valence-corrected chi connectivity index (χ4v) is 10.6. The molecule has 6 fully saturated rings. The van der Waals surface area contributed by atoms with E-state index in [0.29, 0.717) is 31.2 Å². The minimum Gasteiger partial charge on any atom is -0.379 e. The zero-order valence-electron chi connectivity index (χ0n) is 27.6. The number of halogens is 1. The Balaban J connectivity index is 1.03. The van der Waals surface area contributed by atoms with Crippen LogP contribution in [-0.2, 0) is 23.9 Å². The molecule has 0 bridgehead atoms. The number of allylic oxidation sites excluding steroid dienone is 2. The quantitative estimate of drug-likeness (QED) is 0.219. The predicted molar refractivity (Wildman–Crippen MR) is 173 cm³/mol. The number of rotatable bonds is 9. The molecule has 47 heavy (non-hydrogen) atoms. The SMILES string of the molecule is O=C(NCCCN1CCOCC1)C1=CN2C3CC4C(CC3OC3C(NCCN5CCCC5)C(F)CC(C1=O)C32)C(=O)C1C=CCCC14. The van der Waals surface area contributed by atoms with Crippen molar-refractivity contribution in [1.82, 2.24) is 25.3 Å². The number of ketones is 2. The molecule has 258 valence electrons. The van der Waals surface area contributed by atoms with E-state index in [1.165, 1.54) is 12.8 Å². The van der Waals surface area contributed by atoms with Gasteiger partial charge in [0.15, 0.2) is 5.78 Å². The van der Waals surface area contributed by atoms with Crippen LogP contribution in [-0.4, -0.2) is 134 Å². The standard InChI is InChI=1S/C36H52FN5O5/c37-28-18-26-32-35(31(28)38-9-13-40-10-3-4-11-40)47-30-20-25-24(22-6-1-2-7-23(22)33(25)43)19-29(30)42(32)21-27(34(26)44)36(45)39-8-5-12-41-14-16-46-17-15-41/h2,7,21-26,28-32,35,38H,1,3-6,8-20H2,(H,39,45). The van der Waals surface area contributed by atoms with E-state index >= 15 is 4.39 Å². The monoisotopic (exact) mass is 653 g/mol. The molecule has 0 aromatic carbocycles. The van der Waals surface area contributed by atoms with E-state index in [4.69, 9.17) is 9.47 Å². The first-order chi connectivity index (χ1) is 23.0. The van der Waals surface area contributed by atoms with Crippen LogP contribution in [0, 0.1) is 29.6 Å². The molecule has 2 N–H and O–H groups in total. The lowest BCUT2D eigenvalue weighted by molar-refractivity contribution is -0.206. The minimum atomic E-state index is -1.27. The minimum absolute atomic E-state index is 0.0126. The van der Waals surface area contributed by atoms with Gasteiger partial charge in [-0.3, -0.25) is 19.3 Å². The molecule has 0 aromatic rings. The van der Waals surface area contributed by atoms with E-state index in [2.05, 4.69) is 37.5 Å². The van der Waals surface area contributed by atoms with Gasteiger partial charge in [-0.2, -0.15) is 0 Å². The number of fused-ring (bicyclic) bond motifs is 5. The molecule has 1 amide bonds. The number of carbonyl (C=O) groups is 3. The van der Waals surface area contributed by atoms with E-state index in [1.54, 1.807) is 0 Å². The zero-order chi connectivity index (χ0) is 32.1. The summed E-state index contributed by atoms with van der Waals surface area (Å²) in [6, 6.07) is -0.911. The first kappa shape index (κ1) is 32.0. The molecule has 4 aliphatic heterocycles. The van der Waals surface area contributed by atoms with Crippen molar-refractivity contribution in [2.24, 2.45) is 29.6 Å². The van der Waals surface area contributed by atoms with Gasteiger partial charge in [0.1, 0.15) is 12.0 Å². The van der Waals surface area contributed by atoms with Crippen molar-refractivity contribution in [1.29, 1.82) is 0 Å². The van der Waals surface area contributed by atoms with Gasteiger partial charge in [0, 0.05) is 56.7 Å². The van der Waals surface area contributed by atoms with Gasteiger partial charge in [-0.1, -0.05) is 12.2 Å². The molecule has 3 saturated carbocycles. The zero-order valence-corrected chi connectivity index (χ0v) is 27.6. The molecular formula is C36H52FN5O5. The first-order valence-corrected chi connectivity index (χ1v) is 18.6. The predicted octanol–water partition coefficient (Wildman–Crippen LogP) is 1.70. The molecule has 4 heterocycles. The van der Waals surface area contributed by atoms with Gasteiger partial charge in [0.05, 0.1) is 49.1 Å². The van der Waals surface area contributed by atoms with Crippen molar-refractivity contribution in [3.8, 4) is 0 Å². The molecule has 0 aromatic heterocycles. The van der Waals surface area contributed by atoms with Crippen LogP contribution >= 0.6 is 0 Å². The fraction of sp³-hybridized carbons (Fsp3) is 0.806. The molecule has 11 unspecified atom stereocenters. The summed E-state index contributed by atoms with van der Waals surface area (Å²) in [5.41, 5.74) is 0.146. The van der Waals surface area contributed by atoms with Crippen molar-refractivity contribution >= 4 is 17.5 Å². The summed E-state index contributed by atoms with van der Waals surface area (Å²) < 4.78 is 28.6. The second-order valence-electron chi connectivity index (χ2n) is 15.3. The van der Waals surface area contributed by atoms with Gasteiger partial charge in [0.2, 0.25) is 0 Å². The molecule has 3 saturated heterocycles. The Labute approximate surface area is 277 Å². The number of nitrogens with zero attached hydrogens (tertiary/aromatic N) is 3. The van der Waals surface area contributed by atoms with Crippen molar-refractivity contribution in [3.63, 3.8) is 0 Å². The number of hydrogen-bond donors (Lipinski definition) is 2. The third-order valence-electron chi connectivity index (χ3n) is 12.9. The smallest absolute Gasteiger partial charge is 0.256 e. The van der Waals surface area contributed by atoms with Crippen LogP contribution in [0.4, 0.5) is 4.39 Å². The molecule has 10 nitrogen and oxygen atoms in total. The van der Waals surface area contributed by atoms with Crippen LogP contribution in [0.1, 0.15) is 51.4 Å². The van der Waals surface area contributed by atoms with Crippen molar-refractivity contribution < 1.29 is 28.2 Å². The van der Waals surface area contributed by atoms with Crippen LogP contribution in [0.3, 0.4) is 0 Å². The number of likely N-dealkylation sites (tertiary alicyclic amines) is 1. The largest absolute Gasteiger partial charge is 0.379 e. The summed E-state index contributed by atoms with van der Waals surface area (Å²) >= 11 is 0. The lowest BCUT2D eigenvalue weighted by atomic mass is 9.66. The van der Waals surface area contributed by atoms with Crippen LogP contribution in [0.25, 0.3) is 0 Å². The van der Waals surface area contributed by atoms with Crippen LogP contribution in [0.5, 0.6) is 0 Å². The Kier molecular flexibility index (Phi) is 9.28. The summed E-state index contributed by atoms with van der Waals surface area (Å²) in [7, 11) is 0. The molecule has 0 spiro atoms. The van der Waals surface area contributed by atoms with Crippen LogP contribution in [0.2, 0.25) is 0 Å². The second kappa shape index (κ2) is 13.6. The number of morpholine rings is 2. The maximum atomic E-state index is 16.2. The molecule has 11 heteroatoms. The molecule has 11 atom stereocenters. The maximum absolute atomic E-state index is 16.2. The summed E-state index contributed by atoms with van der Waals surface area (Å²) in [5, 5.41) is 6.53. The summed E-state index contributed by atoms with van der Waals surface area (Å²) in [4.78, 5) is 48.3. The van der Waals surface area contributed by atoms with Gasteiger partial charge in [-0.15, -0.1) is 0 Å². The Morgan fingerprint density at radius 1 is 0.957 bits per heavy atom. The van der Waals surface area contributed by atoms with Crippen LogP contribution in [0.15, 0.2) is 23.9 Å². The third kappa shape index (κ3) is 6.02. The molecule has 8 rings (SSSR count). The van der Waals surface area contributed by atoms with Crippen LogP contribution < -0.4 is 10.6 Å². The van der Waals surface area contributed by atoms with E-state index in [1.807, 2.05) is 6.20 Å². The Hall–Kier alpha value is -2.18. The summed E-state index contributed by atoms with van der Waals surface area (Å²) in [5.74, 6) is -0.362. The highest BCUT2D eigenvalue weighted by atomic mass is 19.1. The number of carbonyl (C=O) groups excluding carboxylic acids is 3. The van der Waals surface area contributed by atoms with Gasteiger partial charge in [0.25, 0.3) is 5.91 Å². The topological polar surface area (TPSA) is 103 Å². The third-order valence-corrected chi connectivity index (χ3v) is 12.9. The lowest BCUT2D eigenvalue weighted by Crippen LogP contribution is -2.73. The lowest BCUT2D eigenvalue weighted by Gasteiger charge is -2.60. The van der Waals surface area contributed by atoms with E-state index in [-0.39, 0.29) is 59.6 Å². The van der Waals surface area contributed by atoms with Gasteiger partial charge in [-0.05, 0) is 82.8 Å². The van der Waals surface area contributed by atoms with Crippen molar-refractivity contribution in [3.05, 3.63) is 23.9 Å². The average molecular weight is 654 g/mol. The van der Waals surface area contributed by atoms with E-state index in [9.17, 15) is 14.4 Å². The van der Waals surface area contributed by atoms with E-state index < -0.39 is 24.2 Å². The Morgan fingerprint density at radius 2 is 1.77 bits per heavy atom. The van der Waals surface area contributed by atoms with Crippen molar-refractivity contribution in [2.45, 2.75) is 87.9 Å². The molecule has 0 radical (unpaired) electrons. The Morgan fingerprint density at radius 3 is 2.60 bits per heavy atom. The maximum Gasteiger partial charge on any atom is 0.256 e. The fourth-order valence-electron chi connectivity index (χ4n) is 10.6. The highest BCUT2D eigenvalue weighted by molar-refractivity contribution is 6.20. The van der Waals surface area contributed by atoms with Crippen molar-refractivity contribution in [2.75, 3.05) is 65.6 Å². The molecule has 4 aliphatic carbocycles. The number of ether oxygens (including phenoxy) is 2. The molecular weight excluding hydrogens is 601 g/mol. The van der Waals surface area contributed by atoms with E-state index in [0.717, 1.165) is 78.2 Å². The van der Waals surface area contributed by atoms with Gasteiger partial charge < -0.3 is 29.9 Å². The summed E-state index contributed by atoms with van der Waals surface area (Å²) in [6.45, 7) is 8.29. The summed E-state index contributed by atoms with van der Waals surface area (Å²) in [6.07, 6.45) is 10.8. The highest BCUT2D eigenvalue weighted by Crippen LogP contribution is 2.54. The van der Waals surface area contributed by atoms with Gasteiger partial charge >= 0.3 is 0 Å². The number of nitrogens with one attached hydrogen (secondary N) is 2. The Bertz CT molecular complexity index is 1270. The first-order valence-electron chi connectivity index (χ1n) is 18.6. The highest BCUT2D eigenvalue weighted by Gasteiger charge is 2.62. The number of Topliss-reactive ketones (excluding diaryl/α,β-unsaturated/α-hetero) is 2.